The number of carbonyl (C=O) groups is 2. The molecule has 1 heterocycles. The number of ketones is 2. The van der Waals surface area contributed by atoms with Gasteiger partial charge in [-0.15, -0.1) is 0 Å². The average Bonchev–Trinajstić information content (AvgIpc) is 3.68. The van der Waals surface area contributed by atoms with Crippen LogP contribution in [0.4, 0.5) is 10.1 Å². The molecule has 0 bridgehead atoms. The van der Waals surface area contributed by atoms with Gasteiger partial charge in [0.1, 0.15) is 12.3 Å². The Morgan fingerprint density at radius 1 is 1.21 bits per heavy atom. The van der Waals surface area contributed by atoms with Gasteiger partial charge in [-0.05, 0) is 92.2 Å². The van der Waals surface area contributed by atoms with Crippen LogP contribution in [0.15, 0.2) is 48.1 Å². The molecule has 8 heteroatoms. The summed E-state index contributed by atoms with van der Waals surface area (Å²) < 4.78 is 23.8. The van der Waals surface area contributed by atoms with Crippen molar-refractivity contribution in [2.45, 2.75) is 51.3 Å². The van der Waals surface area contributed by atoms with Crippen molar-refractivity contribution in [3.63, 3.8) is 0 Å². The van der Waals surface area contributed by atoms with Gasteiger partial charge in [-0.25, -0.2) is 4.39 Å². The van der Waals surface area contributed by atoms with Gasteiger partial charge in [-0.1, -0.05) is 30.2 Å². The quantitative estimate of drug-likeness (QED) is 0.389. The molecule has 1 aliphatic heterocycles. The molecule has 3 saturated carbocycles. The van der Waals surface area contributed by atoms with Crippen molar-refractivity contribution in [2.24, 2.45) is 40.4 Å². The summed E-state index contributed by atoms with van der Waals surface area (Å²) in [6.45, 7) is 4.11. The number of hydrogen-bond acceptors (Lipinski definition) is 6. The number of fused-ring (bicyclic) bond motifs is 5. The lowest BCUT2D eigenvalue weighted by Crippen LogP contribution is -2.65. The highest BCUT2D eigenvalue weighted by atomic mass is 35.5. The van der Waals surface area contributed by atoms with Crippen LogP contribution < -0.4 is 5.06 Å². The molecule has 9 unspecified atom stereocenters. The zero-order valence-electron chi connectivity index (χ0n) is 21.8. The average molecular weight is 544 g/mol. The molecule has 9 atom stereocenters. The number of Topliss-reactive ketones (excluding diaryl/α,β-unsaturated/α-hetero) is 1. The van der Waals surface area contributed by atoms with E-state index in [4.69, 9.17) is 16.3 Å². The molecule has 4 aliphatic carbocycles. The van der Waals surface area contributed by atoms with Crippen LogP contribution in [-0.2, 0) is 14.3 Å². The molecular weight excluding hydrogens is 509 g/mol. The number of benzene rings is 1. The minimum Gasteiger partial charge on any atom is -0.389 e. The van der Waals surface area contributed by atoms with Crippen molar-refractivity contribution < 1.29 is 29.0 Å². The highest BCUT2D eigenvalue weighted by molar-refractivity contribution is 6.30. The molecule has 0 aromatic heterocycles. The van der Waals surface area contributed by atoms with Crippen molar-refractivity contribution in [3.8, 4) is 0 Å². The van der Waals surface area contributed by atoms with Crippen molar-refractivity contribution in [3.05, 3.63) is 53.1 Å². The van der Waals surface area contributed by atoms with E-state index in [9.17, 15) is 19.9 Å². The molecule has 6 rings (SSSR count). The molecular formula is C30H35ClFNO5. The van der Waals surface area contributed by atoms with Crippen LogP contribution in [0, 0.1) is 40.4 Å². The zero-order chi connectivity index (χ0) is 27.0. The first-order valence-corrected chi connectivity index (χ1v) is 14.0. The molecule has 204 valence electrons. The van der Waals surface area contributed by atoms with E-state index < -0.39 is 34.9 Å². The first-order valence-electron chi connectivity index (χ1n) is 13.6. The lowest BCUT2D eigenvalue weighted by atomic mass is 9.42. The fraction of sp³-hybridized carbons (Fsp3) is 0.600. The number of allylic oxidation sites excluding steroid dienone is 4. The predicted octanol–water partition coefficient (Wildman–Crippen LogP) is 4.96. The summed E-state index contributed by atoms with van der Waals surface area (Å²) in [5.74, 6) is -2.01. The number of ether oxygens (including phenoxy) is 1. The predicted molar refractivity (Wildman–Crippen MR) is 141 cm³/mol. The lowest BCUT2D eigenvalue weighted by Gasteiger charge is -2.63. The second kappa shape index (κ2) is 8.98. The van der Waals surface area contributed by atoms with E-state index >= 15 is 4.39 Å². The number of rotatable bonds is 6. The molecule has 1 saturated heterocycles. The molecule has 38 heavy (non-hydrogen) atoms. The number of halogens is 2. The third-order valence-electron chi connectivity index (χ3n) is 10.7. The van der Waals surface area contributed by atoms with Crippen LogP contribution in [0.2, 0.25) is 5.02 Å². The maximum absolute atomic E-state index is 18.0. The minimum absolute atomic E-state index is 0.0980. The Morgan fingerprint density at radius 2 is 1.92 bits per heavy atom. The Labute approximate surface area is 227 Å². The van der Waals surface area contributed by atoms with Crippen LogP contribution in [-0.4, -0.2) is 53.4 Å². The van der Waals surface area contributed by atoms with Crippen molar-refractivity contribution in [1.82, 2.24) is 0 Å². The van der Waals surface area contributed by atoms with E-state index in [1.54, 1.807) is 36.4 Å². The Kier molecular flexibility index (Phi) is 6.19. The topological polar surface area (TPSA) is 90.4 Å². The van der Waals surface area contributed by atoms with E-state index in [0.29, 0.717) is 43.0 Å². The highest BCUT2D eigenvalue weighted by Crippen LogP contribution is 2.72. The summed E-state index contributed by atoms with van der Waals surface area (Å²) >= 11 is 6.02. The molecule has 0 amide bonds. The number of nitrogens with zero attached hydrogens (tertiary/aromatic N) is 1. The van der Waals surface area contributed by atoms with E-state index in [1.165, 1.54) is 6.08 Å². The summed E-state index contributed by atoms with van der Waals surface area (Å²) in [6.07, 6.45) is 6.91. The highest BCUT2D eigenvalue weighted by Gasteiger charge is 2.73. The number of alkyl halides is 1. The number of hydroxylamine groups is 1. The molecule has 2 N–H and O–H groups in total. The maximum atomic E-state index is 18.0. The Balaban J connectivity index is 1.40. The standard InChI is InChI=1S/C30H35ClFNO5/c1-28-13-24(26-16-38-26)30(32)22(8-3-18-12-21(35)9-10-29(18,30)2)23(28)11-17(27(28)25(36)15-34)14-33(37)20-6-4-19(31)5-7-20/h4-7,9-10,12,17,22-24,26-27,34,37H,3,8,11,13-16H2,1-2H3. The fourth-order valence-electron chi connectivity index (χ4n) is 9.06. The summed E-state index contributed by atoms with van der Waals surface area (Å²) in [7, 11) is 0. The number of aliphatic hydroxyl groups excluding tert-OH is 1. The molecule has 1 aromatic carbocycles. The second-order valence-electron chi connectivity index (χ2n) is 12.5. The number of anilines is 1. The molecule has 0 radical (unpaired) electrons. The van der Waals surface area contributed by atoms with Crippen molar-refractivity contribution in [1.29, 1.82) is 0 Å². The number of epoxide rings is 1. The summed E-state index contributed by atoms with van der Waals surface area (Å²) in [4.78, 5) is 25.6. The fourth-order valence-corrected chi connectivity index (χ4v) is 9.18. The first-order chi connectivity index (χ1) is 18.0. The third-order valence-corrected chi connectivity index (χ3v) is 11.0. The molecule has 4 fully saturated rings. The Hall–Kier alpha value is -2.06. The van der Waals surface area contributed by atoms with Crippen LogP contribution in [0.3, 0.4) is 0 Å². The largest absolute Gasteiger partial charge is 0.389 e. The van der Waals surface area contributed by atoms with E-state index in [1.807, 2.05) is 6.92 Å². The van der Waals surface area contributed by atoms with Crippen LogP contribution in [0.5, 0.6) is 0 Å². The number of carbonyl (C=O) groups excluding carboxylic acids is 2. The number of aliphatic hydroxyl groups is 1. The number of hydrogen-bond donors (Lipinski definition) is 2. The smallest absolute Gasteiger partial charge is 0.178 e. The SMILES string of the molecule is CC12CC(C3CO3)C3(F)C(CCC4=CC(=O)C=CC43C)C1CC(CN(O)c1ccc(Cl)cc1)C2C(=O)CO. The second-order valence-corrected chi connectivity index (χ2v) is 12.9. The third kappa shape index (κ3) is 3.69. The van der Waals surface area contributed by atoms with Gasteiger partial charge < -0.3 is 9.84 Å². The summed E-state index contributed by atoms with van der Waals surface area (Å²) in [5.41, 5.74) is -1.68. The van der Waals surface area contributed by atoms with Gasteiger partial charge in [0, 0.05) is 28.8 Å². The van der Waals surface area contributed by atoms with E-state index in [0.717, 1.165) is 10.6 Å². The molecule has 1 aromatic rings. The summed E-state index contributed by atoms with van der Waals surface area (Å²) in [5, 5.41) is 22.7. The van der Waals surface area contributed by atoms with Crippen LogP contribution in [0.1, 0.15) is 39.5 Å². The zero-order valence-corrected chi connectivity index (χ0v) is 22.5. The normalized spacial score (nSPS) is 43.1. The Morgan fingerprint density at radius 3 is 2.58 bits per heavy atom. The van der Waals surface area contributed by atoms with Crippen molar-refractivity contribution in [2.75, 3.05) is 24.8 Å². The van der Waals surface area contributed by atoms with Gasteiger partial charge >= 0.3 is 0 Å². The minimum atomic E-state index is -1.63. The Bertz CT molecular complexity index is 1210. The van der Waals surface area contributed by atoms with Crippen LogP contribution >= 0.6 is 11.6 Å². The van der Waals surface area contributed by atoms with Gasteiger partial charge in [-0.3, -0.25) is 19.9 Å². The summed E-state index contributed by atoms with van der Waals surface area (Å²) in [6, 6.07) is 6.82. The van der Waals surface area contributed by atoms with E-state index in [2.05, 4.69) is 6.92 Å². The first kappa shape index (κ1) is 26.2. The van der Waals surface area contributed by atoms with Gasteiger partial charge in [-0.2, -0.15) is 0 Å². The molecule has 6 nitrogen and oxygen atoms in total. The lowest BCUT2D eigenvalue weighted by molar-refractivity contribution is -0.174. The maximum Gasteiger partial charge on any atom is 0.178 e. The van der Waals surface area contributed by atoms with Gasteiger partial charge in [0.05, 0.1) is 18.4 Å². The van der Waals surface area contributed by atoms with E-state index in [-0.39, 0.29) is 42.0 Å². The van der Waals surface area contributed by atoms with Gasteiger partial charge in [0.25, 0.3) is 0 Å². The molecule has 5 aliphatic rings. The van der Waals surface area contributed by atoms with Crippen molar-refractivity contribution >= 4 is 28.9 Å². The van der Waals surface area contributed by atoms with Crippen LogP contribution in [0.25, 0.3) is 0 Å². The van der Waals surface area contributed by atoms with Gasteiger partial charge in [0.15, 0.2) is 11.6 Å². The molecule has 0 spiro atoms. The monoisotopic (exact) mass is 543 g/mol. The van der Waals surface area contributed by atoms with Gasteiger partial charge in [0.2, 0.25) is 0 Å².